The van der Waals surface area contributed by atoms with Crippen LogP contribution in [0.5, 0.6) is 0 Å². The topological polar surface area (TPSA) is 17.3 Å². The van der Waals surface area contributed by atoms with Gasteiger partial charge >= 0.3 is 0 Å². The molecule has 0 radical (unpaired) electrons. The van der Waals surface area contributed by atoms with Gasteiger partial charge in [-0.1, -0.05) is 30.3 Å². The van der Waals surface area contributed by atoms with Crippen molar-refractivity contribution in [1.82, 2.24) is 9.38 Å². The van der Waals surface area contributed by atoms with Gasteiger partial charge < -0.3 is 4.40 Å². The Hall–Kier alpha value is -2.35. The van der Waals surface area contributed by atoms with Crippen LogP contribution in [0.15, 0.2) is 54.6 Å². The van der Waals surface area contributed by atoms with Crippen molar-refractivity contribution < 1.29 is 0 Å². The van der Waals surface area contributed by atoms with Crippen LogP contribution >= 0.6 is 0 Å². The molecule has 86 valence electrons. The molecular formula is C16H12N2. The van der Waals surface area contributed by atoms with E-state index in [0.29, 0.717) is 0 Å². The second-order valence-corrected chi connectivity index (χ2v) is 4.61. The quantitative estimate of drug-likeness (QED) is 0.448. The molecule has 2 heteroatoms. The van der Waals surface area contributed by atoms with Crippen molar-refractivity contribution in [1.29, 1.82) is 0 Å². The Labute approximate surface area is 104 Å². The monoisotopic (exact) mass is 232 g/mol. The van der Waals surface area contributed by atoms with Crippen molar-refractivity contribution in [3.63, 3.8) is 0 Å². The molecule has 2 aromatic heterocycles. The van der Waals surface area contributed by atoms with E-state index >= 15 is 0 Å². The first-order chi connectivity index (χ1) is 8.84. The summed E-state index contributed by atoms with van der Waals surface area (Å²) in [5.41, 5.74) is 5.72. The first-order valence-electron chi connectivity index (χ1n) is 6.10. The van der Waals surface area contributed by atoms with Crippen molar-refractivity contribution in [3.8, 4) is 0 Å². The summed E-state index contributed by atoms with van der Waals surface area (Å²) < 4.78 is 2.30. The number of hydrogen-bond donors (Lipinski definition) is 0. The van der Waals surface area contributed by atoms with Gasteiger partial charge in [0.1, 0.15) is 0 Å². The predicted molar refractivity (Wildman–Crippen MR) is 74.9 cm³/mol. The number of aryl methyl sites for hydroxylation is 1. The highest BCUT2D eigenvalue weighted by molar-refractivity contribution is 5.93. The van der Waals surface area contributed by atoms with Gasteiger partial charge in [-0.2, -0.15) is 0 Å². The Morgan fingerprint density at radius 2 is 1.56 bits per heavy atom. The molecule has 0 aliphatic rings. The van der Waals surface area contributed by atoms with Gasteiger partial charge in [-0.05, 0) is 31.2 Å². The SMILES string of the molecule is Cc1nc2ccccc2n2c1cc1ccccc12. The fourth-order valence-corrected chi connectivity index (χ4v) is 2.67. The summed E-state index contributed by atoms with van der Waals surface area (Å²) in [4.78, 5) is 4.68. The third kappa shape index (κ3) is 1.15. The second-order valence-electron chi connectivity index (χ2n) is 4.61. The fraction of sp³-hybridized carbons (Fsp3) is 0.0625. The van der Waals surface area contributed by atoms with E-state index in [1.807, 2.05) is 6.07 Å². The van der Waals surface area contributed by atoms with Crippen LogP contribution in [-0.2, 0) is 0 Å². The predicted octanol–water partition coefficient (Wildman–Crippen LogP) is 3.95. The molecule has 0 aliphatic heterocycles. The zero-order chi connectivity index (χ0) is 12.1. The Bertz CT molecular complexity index is 887. The van der Waals surface area contributed by atoms with Gasteiger partial charge in [0.2, 0.25) is 0 Å². The molecule has 4 rings (SSSR count). The Kier molecular flexibility index (Phi) is 1.78. The molecule has 0 saturated carbocycles. The van der Waals surface area contributed by atoms with Crippen LogP contribution in [0.4, 0.5) is 0 Å². The van der Waals surface area contributed by atoms with Crippen LogP contribution in [0.2, 0.25) is 0 Å². The normalized spacial score (nSPS) is 11.6. The molecule has 0 amide bonds. The maximum atomic E-state index is 4.68. The van der Waals surface area contributed by atoms with E-state index in [-0.39, 0.29) is 0 Å². The summed E-state index contributed by atoms with van der Waals surface area (Å²) in [6.45, 7) is 2.07. The van der Waals surface area contributed by atoms with Crippen molar-refractivity contribution in [2.24, 2.45) is 0 Å². The number of rotatable bonds is 0. The average molecular weight is 232 g/mol. The number of benzene rings is 2. The van der Waals surface area contributed by atoms with Crippen LogP contribution in [0.3, 0.4) is 0 Å². The Balaban J connectivity index is 2.41. The molecule has 0 aliphatic carbocycles. The summed E-state index contributed by atoms with van der Waals surface area (Å²) in [6.07, 6.45) is 0. The van der Waals surface area contributed by atoms with Gasteiger partial charge in [0.05, 0.1) is 27.8 Å². The largest absolute Gasteiger partial charge is 0.306 e. The second kappa shape index (κ2) is 3.33. The first kappa shape index (κ1) is 9.66. The van der Waals surface area contributed by atoms with Gasteiger partial charge in [0.25, 0.3) is 0 Å². The Morgan fingerprint density at radius 3 is 2.44 bits per heavy atom. The number of fused-ring (bicyclic) bond motifs is 5. The molecule has 0 unspecified atom stereocenters. The lowest BCUT2D eigenvalue weighted by Crippen LogP contribution is -1.93. The number of nitrogens with zero attached hydrogens (tertiary/aromatic N) is 2. The molecule has 2 nitrogen and oxygen atoms in total. The van der Waals surface area contributed by atoms with E-state index in [0.717, 1.165) is 11.2 Å². The van der Waals surface area contributed by atoms with Gasteiger partial charge in [0.15, 0.2) is 0 Å². The molecule has 0 spiro atoms. The Morgan fingerprint density at radius 1 is 0.833 bits per heavy atom. The van der Waals surface area contributed by atoms with Crippen molar-refractivity contribution in [2.75, 3.05) is 0 Å². The van der Waals surface area contributed by atoms with Crippen LogP contribution in [0, 0.1) is 6.92 Å². The van der Waals surface area contributed by atoms with E-state index in [1.54, 1.807) is 0 Å². The van der Waals surface area contributed by atoms with Crippen molar-refractivity contribution >= 4 is 27.5 Å². The number of hydrogen-bond acceptors (Lipinski definition) is 1. The van der Waals surface area contributed by atoms with Gasteiger partial charge in [-0.15, -0.1) is 0 Å². The molecule has 0 saturated heterocycles. The highest BCUT2D eigenvalue weighted by Crippen LogP contribution is 2.26. The van der Waals surface area contributed by atoms with Crippen LogP contribution in [-0.4, -0.2) is 9.38 Å². The van der Waals surface area contributed by atoms with E-state index in [1.165, 1.54) is 21.9 Å². The third-order valence-corrected chi connectivity index (χ3v) is 3.49. The number of aromatic nitrogens is 2. The van der Waals surface area contributed by atoms with Gasteiger partial charge in [0, 0.05) is 5.39 Å². The summed E-state index contributed by atoms with van der Waals surface area (Å²) in [7, 11) is 0. The number of para-hydroxylation sites is 3. The zero-order valence-corrected chi connectivity index (χ0v) is 10.1. The van der Waals surface area contributed by atoms with Crippen LogP contribution < -0.4 is 0 Å². The minimum atomic E-state index is 1.05. The molecule has 0 atom stereocenters. The maximum Gasteiger partial charge on any atom is 0.0874 e. The molecule has 18 heavy (non-hydrogen) atoms. The molecule has 0 bridgehead atoms. The van der Waals surface area contributed by atoms with E-state index in [9.17, 15) is 0 Å². The fourth-order valence-electron chi connectivity index (χ4n) is 2.67. The summed E-state index contributed by atoms with van der Waals surface area (Å²) in [6, 6.07) is 19.0. The highest BCUT2D eigenvalue weighted by Gasteiger charge is 2.08. The molecule has 4 aromatic rings. The molecule has 0 fully saturated rings. The standard InChI is InChI=1S/C16H12N2/c1-11-16-10-12-6-2-4-8-14(12)18(16)15-9-5-3-7-13(15)17-11/h2-10H,1H3. The van der Waals surface area contributed by atoms with Crippen LogP contribution in [0.25, 0.3) is 27.5 Å². The summed E-state index contributed by atoms with van der Waals surface area (Å²) in [5.74, 6) is 0. The lowest BCUT2D eigenvalue weighted by atomic mass is 10.2. The lowest BCUT2D eigenvalue weighted by molar-refractivity contribution is 1.19. The van der Waals surface area contributed by atoms with E-state index in [2.05, 4.69) is 64.8 Å². The average Bonchev–Trinajstić information content (AvgIpc) is 2.79. The smallest absolute Gasteiger partial charge is 0.0874 e. The zero-order valence-electron chi connectivity index (χ0n) is 10.1. The third-order valence-electron chi connectivity index (χ3n) is 3.49. The highest BCUT2D eigenvalue weighted by atomic mass is 14.9. The summed E-state index contributed by atoms with van der Waals surface area (Å²) in [5, 5.41) is 1.26. The summed E-state index contributed by atoms with van der Waals surface area (Å²) >= 11 is 0. The van der Waals surface area contributed by atoms with E-state index < -0.39 is 0 Å². The van der Waals surface area contributed by atoms with Gasteiger partial charge in [-0.25, -0.2) is 4.98 Å². The van der Waals surface area contributed by atoms with Crippen LogP contribution in [0.1, 0.15) is 5.69 Å². The lowest BCUT2D eigenvalue weighted by Gasteiger charge is -2.06. The first-order valence-corrected chi connectivity index (χ1v) is 6.10. The molecular weight excluding hydrogens is 220 g/mol. The minimum Gasteiger partial charge on any atom is -0.306 e. The maximum absolute atomic E-state index is 4.68. The molecule has 2 aromatic carbocycles. The minimum absolute atomic E-state index is 1.05. The molecule has 2 heterocycles. The van der Waals surface area contributed by atoms with Gasteiger partial charge in [-0.3, -0.25) is 0 Å². The molecule has 0 N–H and O–H groups in total. The van der Waals surface area contributed by atoms with Crippen molar-refractivity contribution in [3.05, 3.63) is 60.3 Å². The van der Waals surface area contributed by atoms with Crippen molar-refractivity contribution in [2.45, 2.75) is 6.92 Å². The van der Waals surface area contributed by atoms with E-state index in [4.69, 9.17) is 0 Å².